The number of furan rings is 1. The van der Waals surface area contributed by atoms with Gasteiger partial charge in [-0.05, 0) is 24.6 Å². The van der Waals surface area contributed by atoms with E-state index in [0.717, 1.165) is 0 Å². The van der Waals surface area contributed by atoms with E-state index in [2.05, 4.69) is 10.6 Å². The molecule has 0 bridgehead atoms. The van der Waals surface area contributed by atoms with Gasteiger partial charge in [0.1, 0.15) is 0 Å². The summed E-state index contributed by atoms with van der Waals surface area (Å²) < 4.78 is 15.1. The molecule has 2 N–H and O–H groups in total. The molecular weight excluding hydrogens is 358 g/mol. The number of methoxy groups -OCH3 is 2. The Morgan fingerprint density at radius 3 is 2.48 bits per heavy atom. The zero-order valence-electron chi connectivity index (χ0n) is 14.8. The summed E-state index contributed by atoms with van der Waals surface area (Å²) in [6, 6.07) is 5.82. The number of amides is 2. The number of rotatable bonds is 9. The molecule has 1 heterocycles. The number of nitrogens with zero attached hydrogens (tertiary/aromatic N) is 1. The van der Waals surface area contributed by atoms with Crippen LogP contribution in [0.1, 0.15) is 16.1 Å². The fourth-order valence-electron chi connectivity index (χ4n) is 2.34. The maximum Gasteiger partial charge on any atom is 0.287 e. The first-order valence-electron chi connectivity index (χ1n) is 7.94. The predicted octanol–water partition coefficient (Wildman–Crippen LogP) is 1.29. The van der Waals surface area contributed by atoms with E-state index in [0.29, 0.717) is 11.3 Å². The Morgan fingerprint density at radius 1 is 1.19 bits per heavy atom. The van der Waals surface area contributed by atoms with Crippen LogP contribution in [-0.4, -0.2) is 44.0 Å². The lowest BCUT2D eigenvalue weighted by molar-refractivity contribution is -0.385. The van der Waals surface area contributed by atoms with E-state index in [9.17, 15) is 19.7 Å². The van der Waals surface area contributed by atoms with E-state index in [1.165, 1.54) is 38.7 Å². The van der Waals surface area contributed by atoms with Crippen LogP contribution in [0.5, 0.6) is 11.5 Å². The van der Waals surface area contributed by atoms with Gasteiger partial charge in [0.25, 0.3) is 11.6 Å². The van der Waals surface area contributed by atoms with Gasteiger partial charge in [-0.2, -0.15) is 0 Å². The molecule has 0 atom stereocenters. The minimum Gasteiger partial charge on any atom is -0.493 e. The van der Waals surface area contributed by atoms with Gasteiger partial charge in [0.2, 0.25) is 5.91 Å². The standard InChI is InChI=1S/C17H19N3O7/c1-25-14-8-11(12(20(23)24)9-15(14)26-2)5-6-18-16(21)10-19-17(22)13-4-3-7-27-13/h3-4,7-9H,5-6,10H2,1-2H3,(H,18,21)(H,19,22). The second kappa shape index (κ2) is 9.22. The van der Waals surface area contributed by atoms with Crippen molar-refractivity contribution in [2.45, 2.75) is 6.42 Å². The molecule has 27 heavy (non-hydrogen) atoms. The van der Waals surface area contributed by atoms with Crippen molar-refractivity contribution in [2.24, 2.45) is 0 Å². The van der Waals surface area contributed by atoms with E-state index in [-0.39, 0.29) is 36.7 Å². The van der Waals surface area contributed by atoms with Crippen molar-refractivity contribution in [3.8, 4) is 11.5 Å². The quantitative estimate of drug-likeness (QED) is 0.497. The average Bonchev–Trinajstić information content (AvgIpc) is 3.20. The van der Waals surface area contributed by atoms with Gasteiger partial charge in [0.05, 0.1) is 38.0 Å². The van der Waals surface area contributed by atoms with E-state index in [1.54, 1.807) is 6.07 Å². The van der Waals surface area contributed by atoms with Crippen LogP contribution in [0.15, 0.2) is 34.9 Å². The summed E-state index contributed by atoms with van der Waals surface area (Å²) in [5.74, 6) is -0.236. The molecule has 0 spiro atoms. The minimum atomic E-state index is -0.525. The normalized spacial score (nSPS) is 10.1. The van der Waals surface area contributed by atoms with Gasteiger partial charge in [0.15, 0.2) is 17.3 Å². The number of benzene rings is 1. The molecule has 2 rings (SSSR count). The van der Waals surface area contributed by atoms with Crippen molar-refractivity contribution in [2.75, 3.05) is 27.3 Å². The molecule has 1 aromatic heterocycles. The van der Waals surface area contributed by atoms with Crippen LogP contribution in [-0.2, 0) is 11.2 Å². The van der Waals surface area contributed by atoms with Gasteiger partial charge < -0.3 is 24.5 Å². The second-order valence-electron chi connectivity index (χ2n) is 5.35. The van der Waals surface area contributed by atoms with Gasteiger partial charge in [-0.3, -0.25) is 19.7 Å². The fourth-order valence-corrected chi connectivity index (χ4v) is 2.34. The number of carbonyl (C=O) groups excluding carboxylic acids is 2. The highest BCUT2D eigenvalue weighted by molar-refractivity contribution is 5.94. The van der Waals surface area contributed by atoms with Crippen LogP contribution in [0.4, 0.5) is 5.69 Å². The molecule has 0 fully saturated rings. The van der Waals surface area contributed by atoms with Gasteiger partial charge in [-0.15, -0.1) is 0 Å². The Hall–Kier alpha value is -3.56. The van der Waals surface area contributed by atoms with Crippen molar-refractivity contribution in [3.05, 3.63) is 52.0 Å². The molecule has 0 saturated heterocycles. The highest BCUT2D eigenvalue weighted by atomic mass is 16.6. The van der Waals surface area contributed by atoms with E-state index in [1.807, 2.05) is 0 Å². The first kappa shape index (κ1) is 19.8. The van der Waals surface area contributed by atoms with Gasteiger partial charge in [0, 0.05) is 12.1 Å². The third-order valence-corrected chi connectivity index (χ3v) is 3.65. The van der Waals surface area contributed by atoms with E-state index in [4.69, 9.17) is 13.9 Å². The van der Waals surface area contributed by atoms with E-state index < -0.39 is 16.7 Å². The third kappa shape index (κ3) is 5.21. The third-order valence-electron chi connectivity index (χ3n) is 3.65. The SMILES string of the molecule is COc1cc(CCNC(=O)CNC(=O)c2ccco2)c([N+](=O)[O-])cc1OC. The molecule has 0 saturated carbocycles. The molecule has 1 aromatic carbocycles. The van der Waals surface area contributed by atoms with Crippen molar-refractivity contribution >= 4 is 17.5 Å². The van der Waals surface area contributed by atoms with Crippen LogP contribution in [0.3, 0.4) is 0 Å². The van der Waals surface area contributed by atoms with Crippen LogP contribution in [0, 0.1) is 10.1 Å². The molecule has 0 radical (unpaired) electrons. The lowest BCUT2D eigenvalue weighted by Gasteiger charge is -2.11. The predicted molar refractivity (Wildman–Crippen MR) is 94.0 cm³/mol. The van der Waals surface area contributed by atoms with Crippen LogP contribution < -0.4 is 20.1 Å². The first-order chi connectivity index (χ1) is 13.0. The Bertz CT molecular complexity index is 818. The number of nitro benzene ring substituents is 1. The lowest BCUT2D eigenvalue weighted by atomic mass is 10.1. The van der Waals surface area contributed by atoms with Gasteiger partial charge >= 0.3 is 0 Å². The van der Waals surface area contributed by atoms with Crippen molar-refractivity contribution < 1.29 is 28.4 Å². The summed E-state index contributed by atoms with van der Waals surface area (Å²) in [5, 5.41) is 16.2. The summed E-state index contributed by atoms with van der Waals surface area (Å²) >= 11 is 0. The molecule has 10 heteroatoms. The summed E-state index contributed by atoms with van der Waals surface area (Å²) in [5.41, 5.74) is 0.255. The molecule has 0 unspecified atom stereocenters. The second-order valence-corrected chi connectivity index (χ2v) is 5.35. The molecule has 0 aliphatic rings. The molecule has 2 amide bonds. The van der Waals surface area contributed by atoms with Gasteiger partial charge in [-0.25, -0.2) is 0 Å². The highest BCUT2D eigenvalue weighted by Gasteiger charge is 2.19. The number of nitro groups is 1. The minimum absolute atomic E-state index is 0.101. The maximum atomic E-state index is 11.8. The summed E-state index contributed by atoms with van der Waals surface area (Å²) in [6.45, 7) is -0.0979. The fraction of sp³-hybridized carbons (Fsp3) is 0.294. The summed E-state index contributed by atoms with van der Waals surface area (Å²) in [4.78, 5) is 34.2. The Kier molecular flexibility index (Phi) is 6.75. The molecular formula is C17H19N3O7. The Balaban J connectivity index is 1.91. The van der Waals surface area contributed by atoms with Crippen molar-refractivity contribution in [1.82, 2.24) is 10.6 Å². The number of hydrogen-bond acceptors (Lipinski definition) is 7. The van der Waals surface area contributed by atoms with Crippen LogP contribution in [0.2, 0.25) is 0 Å². The topological polar surface area (TPSA) is 133 Å². The lowest BCUT2D eigenvalue weighted by Crippen LogP contribution is -2.37. The first-order valence-corrected chi connectivity index (χ1v) is 7.94. The average molecular weight is 377 g/mol. The zero-order valence-corrected chi connectivity index (χ0v) is 14.8. The molecule has 0 aliphatic carbocycles. The Labute approximate surface area is 154 Å². The monoisotopic (exact) mass is 377 g/mol. The molecule has 2 aromatic rings. The van der Waals surface area contributed by atoms with Crippen molar-refractivity contribution in [3.63, 3.8) is 0 Å². The zero-order chi connectivity index (χ0) is 19.8. The maximum absolute atomic E-state index is 11.8. The number of nitrogens with one attached hydrogen (secondary N) is 2. The van der Waals surface area contributed by atoms with Gasteiger partial charge in [-0.1, -0.05) is 0 Å². The number of carbonyl (C=O) groups is 2. The largest absolute Gasteiger partial charge is 0.493 e. The number of hydrogen-bond donors (Lipinski definition) is 2. The molecule has 144 valence electrons. The van der Waals surface area contributed by atoms with E-state index >= 15 is 0 Å². The van der Waals surface area contributed by atoms with Crippen molar-refractivity contribution in [1.29, 1.82) is 0 Å². The summed E-state index contributed by atoms with van der Waals surface area (Å²) in [6.07, 6.45) is 1.56. The molecule has 10 nitrogen and oxygen atoms in total. The molecule has 0 aliphatic heterocycles. The highest BCUT2D eigenvalue weighted by Crippen LogP contribution is 2.34. The number of ether oxygens (including phenoxy) is 2. The van der Waals surface area contributed by atoms with Crippen LogP contribution in [0.25, 0.3) is 0 Å². The Morgan fingerprint density at radius 2 is 1.89 bits per heavy atom. The van der Waals surface area contributed by atoms with Crippen LogP contribution >= 0.6 is 0 Å². The smallest absolute Gasteiger partial charge is 0.287 e. The summed E-state index contributed by atoms with van der Waals surface area (Å²) in [7, 11) is 2.81.